The number of carbonyl (C=O) groups excluding carboxylic acids is 1. The third-order valence-corrected chi connectivity index (χ3v) is 3.52. The van der Waals surface area contributed by atoms with E-state index in [9.17, 15) is 9.59 Å². The van der Waals surface area contributed by atoms with Crippen LogP contribution in [-0.4, -0.2) is 47.2 Å². The van der Waals surface area contributed by atoms with Gasteiger partial charge in [0.1, 0.15) is 5.41 Å². The van der Waals surface area contributed by atoms with Gasteiger partial charge in [0, 0.05) is 20.2 Å². The maximum absolute atomic E-state index is 12.0. The summed E-state index contributed by atoms with van der Waals surface area (Å²) in [5, 5.41) is 17.8. The van der Waals surface area contributed by atoms with Gasteiger partial charge in [-0.25, -0.2) is 0 Å². The summed E-state index contributed by atoms with van der Waals surface area (Å²) >= 11 is 0. The highest BCUT2D eigenvalue weighted by molar-refractivity contribution is 6.02. The molecule has 0 aromatic rings. The minimum atomic E-state index is -1.15. The van der Waals surface area contributed by atoms with E-state index in [1.165, 1.54) is 4.90 Å². The summed E-state index contributed by atoms with van der Waals surface area (Å²) in [6.45, 7) is 0.727. The second kappa shape index (κ2) is 6.00. The van der Waals surface area contributed by atoms with E-state index in [-0.39, 0.29) is 12.5 Å². The summed E-state index contributed by atoms with van der Waals surface area (Å²) in [6, 6.07) is 0. The van der Waals surface area contributed by atoms with E-state index in [0.29, 0.717) is 19.4 Å². The molecule has 0 aliphatic heterocycles. The Bertz CT molecular complexity index is 286. The van der Waals surface area contributed by atoms with Crippen LogP contribution in [0.1, 0.15) is 38.5 Å². The Morgan fingerprint density at radius 3 is 2.29 bits per heavy atom. The maximum atomic E-state index is 12.0. The Morgan fingerprint density at radius 1 is 1.24 bits per heavy atom. The average molecular weight is 243 g/mol. The molecule has 1 aliphatic rings. The fraction of sp³-hybridized carbons (Fsp3) is 0.833. The molecule has 1 aliphatic carbocycles. The minimum absolute atomic E-state index is 0.163. The van der Waals surface area contributed by atoms with Crippen LogP contribution in [0, 0.1) is 5.41 Å². The molecule has 0 aromatic heterocycles. The van der Waals surface area contributed by atoms with Crippen LogP contribution in [0.25, 0.3) is 0 Å². The van der Waals surface area contributed by atoms with Crippen molar-refractivity contribution in [2.24, 2.45) is 5.41 Å². The molecule has 1 amide bonds. The molecule has 1 fully saturated rings. The molecular formula is C12H21NO4. The van der Waals surface area contributed by atoms with E-state index in [1.54, 1.807) is 7.05 Å². The van der Waals surface area contributed by atoms with E-state index < -0.39 is 11.4 Å². The highest BCUT2D eigenvalue weighted by Crippen LogP contribution is 2.42. The van der Waals surface area contributed by atoms with Crippen LogP contribution in [0.5, 0.6) is 0 Å². The first-order valence-electron chi connectivity index (χ1n) is 6.14. The number of carbonyl (C=O) groups is 2. The fourth-order valence-electron chi connectivity index (χ4n) is 2.15. The predicted molar refractivity (Wildman–Crippen MR) is 62.5 cm³/mol. The zero-order valence-corrected chi connectivity index (χ0v) is 10.3. The molecule has 5 nitrogen and oxygen atoms in total. The normalized spacial score (nSPS) is 17.3. The van der Waals surface area contributed by atoms with Crippen molar-refractivity contribution >= 4 is 11.9 Å². The zero-order valence-electron chi connectivity index (χ0n) is 10.3. The lowest BCUT2D eigenvalue weighted by Gasteiger charge is -2.38. The molecule has 1 rings (SSSR count). The first kappa shape index (κ1) is 14.0. The summed E-state index contributed by atoms with van der Waals surface area (Å²) in [4.78, 5) is 24.7. The third-order valence-electron chi connectivity index (χ3n) is 3.52. The molecule has 5 heteroatoms. The van der Waals surface area contributed by atoms with Crippen LogP contribution in [0.2, 0.25) is 0 Å². The number of aliphatic hydroxyl groups is 1. The van der Waals surface area contributed by atoms with Crippen molar-refractivity contribution in [2.75, 3.05) is 20.2 Å². The number of carboxylic acids is 1. The molecule has 1 saturated carbocycles. The van der Waals surface area contributed by atoms with Gasteiger partial charge in [-0.3, -0.25) is 9.59 Å². The summed E-state index contributed by atoms with van der Waals surface area (Å²) in [5.74, 6) is -1.25. The van der Waals surface area contributed by atoms with Gasteiger partial charge in [0.2, 0.25) is 5.91 Å². The predicted octanol–water partition coefficient (Wildman–Crippen LogP) is 0.862. The van der Waals surface area contributed by atoms with Crippen LogP contribution >= 0.6 is 0 Å². The Labute approximate surface area is 101 Å². The zero-order chi connectivity index (χ0) is 12.9. The fourth-order valence-corrected chi connectivity index (χ4v) is 2.15. The van der Waals surface area contributed by atoms with E-state index in [4.69, 9.17) is 10.2 Å². The first-order chi connectivity index (χ1) is 8.04. The first-order valence-corrected chi connectivity index (χ1v) is 6.14. The number of carboxylic acid groups (broad SMARTS) is 1. The number of nitrogens with zero attached hydrogens (tertiary/aromatic N) is 1. The molecule has 0 radical (unpaired) electrons. The summed E-state index contributed by atoms with van der Waals surface area (Å²) in [7, 11) is 1.66. The number of amides is 1. The van der Waals surface area contributed by atoms with Crippen molar-refractivity contribution in [3.8, 4) is 0 Å². The van der Waals surface area contributed by atoms with Gasteiger partial charge in [-0.15, -0.1) is 0 Å². The number of rotatable bonds is 7. The lowest BCUT2D eigenvalue weighted by Crippen LogP contribution is -2.51. The molecule has 0 aromatic carbocycles. The second-order valence-corrected chi connectivity index (χ2v) is 4.75. The molecule has 2 N–H and O–H groups in total. The number of aliphatic hydroxyl groups excluding tert-OH is 1. The minimum Gasteiger partial charge on any atom is -0.480 e. The van der Waals surface area contributed by atoms with Gasteiger partial charge in [0.15, 0.2) is 0 Å². The van der Waals surface area contributed by atoms with E-state index in [0.717, 1.165) is 25.7 Å². The topological polar surface area (TPSA) is 77.8 Å². The molecule has 17 heavy (non-hydrogen) atoms. The Balaban J connectivity index is 2.43. The monoisotopic (exact) mass is 243 g/mol. The van der Waals surface area contributed by atoms with Crippen LogP contribution < -0.4 is 0 Å². The SMILES string of the molecule is CN(CCCCCO)C(=O)C1(C(=O)O)CCC1. The molecule has 0 saturated heterocycles. The lowest BCUT2D eigenvalue weighted by atomic mass is 9.68. The van der Waals surface area contributed by atoms with Gasteiger partial charge in [-0.2, -0.15) is 0 Å². The Kier molecular flexibility index (Phi) is 4.93. The molecule has 0 bridgehead atoms. The second-order valence-electron chi connectivity index (χ2n) is 4.75. The lowest BCUT2D eigenvalue weighted by molar-refractivity contribution is -0.166. The van der Waals surface area contributed by atoms with Crippen LogP contribution in [0.15, 0.2) is 0 Å². The van der Waals surface area contributed by atoms with E-state index in [1.807, 2.05) is 0 Å². The Morgan fingerprint density at radius 2 is 1.88 bits per heavy atom. The largest absolute Gasteiger partial charge is 0.480 e. The molecule has 0 atom stereocenters. The molecule has 0 unspecified atom stereocenters. The number of hydrogen-bond donors (Lipinski definition) is 2. The van der Waals surface area contributed by atoms with Gasteiger partial charge in [-0.1, -0.05) is 6.42 Å². The molecule has 0 spiro atoms. The third kappa shape index (κ3) is 2.97. The van der Waals surface area contributed by atoms with Crippen LogP contribution in [-0.2, 0) is 9.59 Å². The summed E-state index contributed by atoms with van der Waals surface area (Å²) < 4.78 is 0. The van der Waals surface area contributed by atoms with Crippen molar-refractivity contribution < 1.29 is 19.8 Å². The van der Waals surface area contributed by atoms with E-state index >= 15 is 0 Å². The van der Waals surface area contributed by atoms with Gasteiger partial charge < -0.3 is 15.1 Å². The smallest absolute Gasteiger partial charge is 0.319 e. The molecule has 0 heterocycles. The van der Waals surface area contributed by atoms with Gasteiger partial charge in [0.05, 0.1) is 0 Å². The number of hydrogen-bond acceptors (Lipinski definition) is 3. The van der Waals surface area contributed by atoms with Crippen molar-refractivity contribution in [1.29, 1.82) is 0 Å². The van der Waals surface area contributed by atoms with Crippen molar-refractivity contribution in [3.05, 3.63) is 0 Å². The maximum Gasteiger partial charge on any atom is 0.319 e. The van der Waals surface area contributed by atoms with Gasteiger partial charge >= 0.3 is 5.97 Å². The quantitative estimate of drug-likeness (QED) is 0.513. The van der Waals surface area contributed by atoms with Crippen molar-refractivity contribution in [1.82, 2.24) is 4.90 Å². The van der Waals surface area contributed by atoms with Crippen molar-refractivity contribution in [2.45, 2.75) is 38.5 Å². The van der Waals surface area contributed by atoms with Crippen LogP contribution in [0.3, 0.4) is 0 Å². The molecule has 98 valence electrons. The standard InChI is InChI=1S/C12H21NO4/c1-13(8-3-2-4-9-14)10(15)12(11(16)17)6-5-7-12/h14H,2-9H2,1H3,(H,16,17). The summed E-state index contributed by atoms with van der Waals surface area (Å²) in [5.41, 5.74) is -1.15. The van der Waals surface area contributed by atoms with E-state index in [2.05, 4.69) is 0 Å². The van der Waals surface area contributed by atoms with Gasteiger partial charge in [-0.05, 0) is 32.1 Å². The van der Waals surface area contributed by atoms with Gasteiger partial charge in [0.25, 0.3) is 0 Å². The van der Waals surface area contributed by atoms with Crippen molar-refractivity contribution in [3.63, 3.8) is 0 Å². The molecular weight excluding hydrogens is 222 g/mol. The number of aliphatic carboxylic acids is 1. The van der Waals surface area contributed by atoms with Crippen LogP contribution in [0.4, 0.5) is 0 Å². The summed E-state index contributed by atoms with van der Waals surface area (Å²) in [6.07, 6.45) is 4.12. The average Bonchev–Trinajstić information content (AvgIpc) is 2.21. The Hall–Kier alpha value is -1.10. The highest BCUT2D eigenvalue weighted by Gasteiger charge is 2.52. The number of unbranched alkanes of at least 4 members (excludes halogenated alkanes) is 2. The highest BCUT2D eigenvalue weighted by atomic mass is 16.4.